The summed E-state index contributed by atoms with van der Waals surface area (Å²) >= 11 is 0. The predicted molar refractivity (Wildman–Crippen MR) is 113 cm³/mol. The lowest BCUT2D eigenvalue weighted by atomic mass is 10.1. The van der Waals surface area contributed by atoms with Crippen LogP contribution in [0.3, 0.4) is 0 Å². The van der Waals surface area contributed by atoms with Crippen LogP contribution >= 0.6 is 24.0 Å². The number of halogens is 1. The molecule has 0 aliphatic heterocycles. The molecule has 0 unspecified atom stereocenters. The first-order valence-electron chi connectivity index (χ1n) is 8.54. The standard InChI is InChI=1S/C18H28N6.HI/c1-5-15-7-9-16(10-8-15)11-12-20-18(19-6-2)23(3)13-17-21-14-22-24(17)4;/h7-10,14H,5-6,11-13H2,1-4H3,(H,19,20);1H. The first kappa shape index (κ1) is 21.4. The number of hydrogen-bond acceptors (Lipinski definition) is 3. The fourth-order valence-corrected chi connectivity index (χ4v) is 2.45. The van der Waals surface area contributed by atoms with Crippen molar-refractivity contribution in [2.24, 2.45) is 12.0 Å². The summed E-state index contributed by atoms with van der Waals surface area (Å²) in [7, 11) is 3.92. The summed E-state index contributed by atoms with van der Waals surface area (Å²) in [5.74, 6) is 1.81. The number of aliphatic imine (C=N–C) groups is 1. The van der Waals surface area contributed by atoms with Crippen molar-refractivity contribution >= 4 is 29.9 Å². The molecule has 0 aliphatic rings. The van der Waals surface area contributed by atoms with E-state index in [1.165, 1.54) is 11.1 Å². The van der Waals surface area contributed by atoms with Crippen molar-refractivity contribution in [2.75, 3.05) is 20.1 Å². The summed E-state index contributed by atoms with van der Waals surface area (Å²) in [5, 5.41) is 7.45. The van der Waals surface area contributed by atoms with Gasteiger partial charge in [0.05, 0.1) is 6.54 Å². The van der Waals surface area contributed by atoms with Crippen LogP contribution in [-0.2, 0) is 26.4 Å². The Morgan fingerprint density at radius 2 is 1.88 bits per heavy atom. The van der Waals surface area contributed by atoms with Gasteiger partial charge in [0, 0.05) is 27.2 Å². The third kappa shape index (κ3) is 6.64. The summed E-state index contributed by atoms with van der Waals surface area (Å²) in [6.45, 7) is 6.53. The smallest absolute Gasteiger partial charge is 0.194 e. The molecular weight excluding hydrogens is 427 g/mol. The maximum atomic E-state index is 4.74. The van der Waals surface area contributed by atoms with E-state index < -0.39 is 0 Å². The molecule has 1 heterocycles. The lowest BCUT2D eigenvalue weighted by Crippen LogP contribution is -2.39. The van der Waals surface area contributed by atoms with Crippen LogP contribution in [-0.4, -0.2) is 45.8 Å². The van der Waals surface area contributed by atoms with Gasteiger partial charge in [0.15, 0.2) is 5.96 Å². The minimum atomic E-state index is 0. The van der Waals surface area contributed by atoms with E-state index in [1.54, 1.807) is 11.0 Å². The van der Waals surface area contributed by atoms with Gasteiger partial charge in [-0.25, -0.2) is 4.98 Å². The third-order valence-electron chi connectivity index (χ3n) is 3.97. The van der Waals surface area contributed by atoms with Gasteiger partial charge < -0.3 is 10.2 Å². The molecule has 0 saturated heterocycles. The van der Waals surface area contributed by atoms with Gasteiger partial charge in [-0.15, -0.1) is 24.0 Å². The van der Waals surface area contributed by atoms with Crippen LogP contribution in [0.4, 0.5) is 0 Å². The molecule has 7 heteroatoms. The Morgan fingerprint density at radius 1 is 1.20 bits per heavy atom. The van der Waals surface area contributed by atoms with E-state index in [9.17, 15) is 0 Å². The van der Waals surface area contributed by atoms with Gasteiger partial charge >= 0.3 is 0 Å². The van der Waals surface area contributed by atoms with E-state index in [0.717, 1.165) is 37.7 Å². The highest BCUT2D eigenvalue weighted by atomic mass is 127. The van der Waals surface area contributed by atoms with E-state index in [2.05, 4.69) is 58.4 Å². The van der Waals surface area contributed by atoms with Crippen molar-refractivity contribution in [2.45, 2.75) is 33.2 Å². The highest BCUT2D eigenvalue weighted by Crippen LogP contribution is 2.06. The van der Waals surface area contributed by atoms with Crippen molar-refractivity contribution in [3.05, 3.63) is 47.5 Å². The molecule has 0 bridgehead atoms. The maximum Gasteiger partial charge on any atom is 0.194 e. The largest absolute Gasteiger partial charge is 0.357 e. The van der Waals surface area contributed by atoms with Gasteiger partial charge in [0.1, 0.15) is 12.2 Å². The monoisotopic (exact) mass is 456 g/mol. The van der Waals surface area contributed by atoms with Gasteiger partial charge in [0.2, 0.25) is 0 Å². The van der Waals surface area contributed by atoms with Gasteiger partial charge in [-0.05, 0) is 30.9 Å². The molecule has 0 amide bonds. The molecule has 1 aromatic carbocycles. The molecule has 25 heavy (non-hydrogen) atoms. The molecule has 1 aromatic heterocycles. The van der Waals surface area contributed by atoms with Crippen LogP contribution in [0.25, 0.3) is 0 Å². The van der Waals surface area contributed by atoms with Crippen molar-refractivity contribution in [1.29, 1.82) is 0 Å². The van der Waals surface area contributed by atoms with E-state index in [1.807, 2.05) is 14.1 Å². The minimum Gasteiger partial charge on any atom is -0.357 e. The Hall–Kier alpha value is -1.64. The van der Waals surface area contributed by atoms with E-state index in [0.29, 0.717) is 6.54 Å². The van der Waals surface area contributed by atoms with E-state index >= 15 is 0 Å². The highest BCUT2D eigenvalue weighted by molar-refractivity contribution is 14.0. The van der Waals surface area contributed by atoms with Crippen molar-refractivity contribution in [1.82, 2.24) is 25.0 Å². The molecule has 2 aromatic rings. The van der Waals surface area contributed by atoms with Gasteiger partial charge in [0.25, 0.3) is 0 Å². The third-order valence-corrected chi connectivity index (χ3v) is 3.97. The van der Waals surface area contributed by atoms with Gasteiger partial charge in [-0.2, -0.15) is 5.10 Å². The molecule has 0 spiro atoms. The van der Waals surface area contributed by atoms with Gasteiger partial charge in [-0.1, -0.05) is 31.2 Å². The van der Waals surface area contributed by atoms with Crippen LogP contribution in [0, 0.1) is 0 Å². The lowest BCUT2D eigenvalue weighted by molar-refractivity contribution is 0.449. The Kier molecular flexibility index (Phi) is 9.48. The molecule has 0 atom stereocenters. The van der Waals surface area contributed by atoms with Crippen molar-refractivity contribution < 1.29 is 0 Å². The number of aromatic nitrogens is 3. The van der Waals surface area contributed by atoms with Crippen molar-refractivity contribution in [3.63, 3.8) is 0 Å². The summed E-state index contributed by atoms with van der Waals surface area (Å²) in [4.78, 5) is 11.1. The van der Waals surface area contributed by atoms with Crippen LogP contribution in [0.15, 0.2) is 35.6 Å². The molecule has 138 valence electrons. The maximum absolute atomic E-state index is 4.74. The zero-order valence-electron chi connectivity index (χ0n) is 15.6. The number of aryl methyl sites for hydroxylation is 2. The normalized spacial score (nSPS) is 11.1. The number of rotatable bonds is 7. The molecule has 6 nitrogen and oxygen atoms in total. The number of benzene rings is 1. The molecule has 1 N–H and O–H groups in total. The fourth-order valence-electron chi connectivity index (χ4n) is 2.45. The SMILES string of the molecule is CCNC(=NCCc1ccc(CC)cc1)N(C)Cc1ncnn1C.I. The van der Waals surface area contributed by atoms with Gasteiger partial charge in [-0.3, -0.25) is 9.67 Å². The van der Waals surface area contributed by atoms with Crippen LogP contribution in [0.5, 0.6) is 0 Å². The fraction of sp³-hybridized carbons (Fsp3) is 0.500. The van der Waals surface area contributed by atoms with Crippen LogP contribution < -0.4 is 5.32 Å². The second-order valence-corrected chi connectivity index (χ2v) is 5.81. The summed E-state index contributed by atoms with van der Waals surface area (Å²) in [6, 6.07) is 8.80. The number of guanidine groups is 1. The summed E-state index contributed by atoms with van der Waals surface area (Å²) in [6.07, 6.45) is 3.60. The average Bonchev–Trinajstić information content (AvgIpc) is 2.99. The molecule has 0 fully saturated rings. The average molecular weight is 456 g/mol. The Bertz CT molecular complexity index is 650. The number of hydrogen-bond donors (Lipinski definition) is 1. The minimum absolute atomic E-state index is 0. The van der Waals surface area contributed by atoms with E-state index in [4.69, 9.17) is 4.99 Å². The second kappa shape index (κ2) is 11.1. The van der Waals surface area contributed by atoms with Crippen molar-refractivity contribution in [3.8, 4) is 0 Å². The summed E-state index contributed by atoms with van der Waals surface area (Å²) in [5.41, 5.74) is 2.70. The molecule has 0 radical (unpaired) electrons. The number of nitrogens with one attached hydrogen (secondary N) is 1. The topological polar surface area (TPSA) is 58.3 Å². The van der Waals surface area contributed by atoms with Crippen LogP contribution in [0.2, 0.25) is 0 Å². The highest BCUT2D eigenvalue weighted by Gasteiger charge is 2.09. The molecule has 0 aliphatic carbocycles. The van der Waals surface area contributed by atoms with E-state index in [-0.39, 0.29) is 24.0 Å². The molecule has 2 rings (SSSR count). The Labute approximate surface area is 167 Å². The first-order chi connectivity index (χ1) is 11.6. The predicted octanol–water partition coefficient (Wildman–Crippen LogP) is 2.64. The second-order valence-electron chi connectivity index (χ2n) is 5.81. The lowest BCUT2D eigenvalue weighted by Gasteiger charge is -2.21. The Balaban J connectivity index is 0.00000312. The first-order valence-corrected chi connectivity index (χ1v) is 8.54. The zero-order chi connectivity index (χ0) is 17.4. The Morgan fingerprint density at radius 3 is 2.44 bits per heavy atom. The summed E-state index contributed by atoms with van der Waals surface area (Å²) < 4.78 is 1.79. The molecule has 0 saturated carbocycles. The molecular formula is C18H29IN6. The number of nitrogens with zero attached hydrogens (tertiary/aromatic N) is 5. The van der Waals surface area contributed by atoms with Crippen LogP contribution in [0.1, 0.15) is 30.8 Å². The zero-order valence-corrected chi connectivity index (χ0v) is 17.9. The quantitative estimate of drug-likeness (QED) is 0.396.